The molecular weight excluding hydrogens is 496 g/mol. The maximum Gasteiger partial charge on any atom is 0.227 e. The Balaban J connectivity index is 1.24. The minimum absolute atomic E-state index is 0.0680. The number of nitrogens with zero attached hydrogens (tertiary/aromatic N) is 5. The lowest BCUT2D eigenvalue weighted by Crippen LogP contribution is -2.20. The van der Waals surface area contributed by atoms with E-state index in [1.807, 2.05) is 18.3 Å². The second kappa shape index (κ2) is 9.14. The highest BCUT2D eigenvalue weighted by Gasteiger charge is 2.23. The number of anilines is 1. The van der Waals surface area contributed by atoms with Gasteiger partial charge in [-0.05, 0) is 44.0 Å². The lowest BCUT2D eigenvalue weighted by molar-refractivity contribution is -0.119. The molecule has 10 heteroatoms. The maximum atomic E-state index is 12.6. The van der Waals surface area contributed by atoms with E-state index in [-0.39, 0.29) is 11.8 Å². The molecule has 0 bridgehead atoms. The largest absolute Gasteiger partial charge is 0.335 e. The van der Waals surface area contributed by atoms with Crippen molar-refractivity contribution in [2.24, 2.45) is 5.92 Å². The molecule has 1 aliphatic carbocycles. The summed E-state index contributed by atoms with van der Waals surface area (Å²) in [6.45, 7) is 2.09. The Hall–Kier alpha value is -4.44. The van der Waals surface area contributed by atoms with Crippen molar-refractivity contribution in [1.82, 2.24) is 35.1 Å². The average molecular weight is 521 g/mol. The van der Waals surface area contributed by atoms with E-state index in [2.05, 4.69) is 54.5 Å². The number of carbonyl (C=O) groups is 1. The molecule has 3 N–H and O–H groups in total. The molecule has 188 valence electrons. The summed E-state index contributed by atoms with van der Waals surface area (Å²) in [5.41, 5.74) is 6.43. The van der Waals surface area contributed by atoms with Gasteiger partial charge in [-0.1, -0.05) is 12.8 Å². The summed E-state index contributed by atoms with van der Waals surface area (Å²) in [6.07, 6.45) is 13.0. The number of nitrogens with one attached hydrogen (secondary N) is 3. The number of imidazole rings is 1. The zero-order valence-electron chi connectivity index (χ0n) is 20.7. The van der Waals surface area contributed by atoms with E-state index >= 15 is 0 Å². The van der Waals surface area contributed by atoms with E-state index in [0.717, 1.165) is 69.3 Å². The van der Waals surface area contributed by atoms with Crippen LogP contribution in [0.15, 0.2) is 55.2 Å². The summed E-state index contributed by atoms with van der Waals surface area (Å²) in [6, 6.07) is 8.09. The highest BCUT2D eigenvalue weighted by molar-refractivity contribution is 7.15. The van der Waals surface area contributed by atoms with Crippen molar-refractivity contribution < 1.29 is 4.79 Å². The first kappa shape index (κ1) is 22.7. The summed E-state index contributed by atoms with van der Waals surface area (Å²) >= 11 is 1.72. The van der Waals surface area contributed by atoms with Crippen molar-refractivity contribution in [2.45, 2.75) is 32.6 Å². The van der Waals surface area contributed by atoms with Crippen LogP contribution in [0.4, 0.5) is 5.69 Å². The molecule has 1 fully saturated rings. The number of aromatic amines is 2. The zero-order valence-corrected chi connectivity index (χ0v) is 21.5. The van der Waals surface area contributed by atoms with Crippen LogP contribution in [0, 0.1) is 12.8 Å². The van der Waals surface area contributed by atoms with E-state index in [9.17, 15) is 4.79 Å². The second-order valence-corrected chi connectivity index (χ2v) is 11.0. The van der Waals surface area contributed by atoms with Gasteiger partial charge in [0.1, 0.15) is 11.2 Å². The number of hydrogen-bond acceptors (Lipinski definition) is 7. The molecule has 1 aliphatic rings. The first-order valence-corrected chi connectivity index (χ1v) is 13.5. The molecule has 9 nitrogen and oxygen atoms in total. The van der Waals surface area contributed by atoms with Gasteiger partial charge in [-0.3, -0.25) is 24.8 Å². The molecule has 6 heterocycles. The van der Waals surface area contributed by atoms with Crippen molar-refractivity contribution in [1.29, 1.82) is 0 Å². The monoisotopic (exact) mass is 520 g/mol. The predicted octanol–water partition coefficient (Wildman–Crippen LogP) is 6.12. The standard InChI is InChI=1S/C28H24N8OS/c1-15-6-7-24(38-15)20-12-30-13-23-25(20)34-27(33-23)26-19-9-21(31-14-22(19)35-36-26)17-8-18(11-29-10-17)32-28(37)16-4-2-3-5-16/h6-14,16H,2-5H2,1H3,(H,32,37)(H,33,34)(H,35,36). The van der Waals surface area contributed by atoms with Gasteiger partial charge in [0, 0.05) is 44.6 Å². The Labute approximate surface area is 221 Å². The molecule has 0 saturated heterocycles. The van der Waals surface area contributed by atoms with Crippen LogP contribution < -0.4 is 5.32 Å². The maximum absolute atomic E-state index is 12.6. The van der Waals surface area contributed by atoms with E-state index in [1.165, 1.54) is 4.88 Å². The Morgan fingerprint density at radius 3 is 2.74 bits per heavy atom. The topological polar surface area (TPSA) is 125 Å². The van der Waals surface area contributed by atoms with Gasteiger partial charge < -0.3 is 10.3 Å². The predicted molar refractivity (Wildman–Crippen MR) is 149 cm³/mol. The van der Waals surface area contributed by atoms with E-state index in [4.69, 9.17) is 4.98 Å². The first-order valence-electron chi connectivity index (χ1n) is 12.6. The molecule has 1 amide bonds. The van der Waals surface area contributed by atoms with E-state index in [1.54, 1.807) is 36.1 Å². The van der Waals surface area contributed by atoms with Gasteiger partial charge in [0.05, 0.1) is 41.0 Å². The summed E-state index contributed by atoms with van der Waals surface area (Å²) in [7, 11) is 0. The van der Waals surface area contributed by atoms with Crippen LogP contribution in [-0.2, 0) is 4.79 Å². The van der Waals surface area contributed by atoms with Gasteiger partial charge in [0.2, 0.25) is 5.91 Å². The fraction of sp³-hybridized carbons (Fsp3) is 0.214. The van der Waals surface area contributed by atoms with Crippen LogP contribution in [0.5, 0.6) is 0 Å². The third-order valence-electron chi connectivity index (χ3n) is 7.10. The molecule has 0 unspecified atom stereocenters. The average Bonchev–Trinajstić information content (AvgIpc) is 3.74. The van der Waals surface area contributed by atoms with Gasteiger partial charge in [-0.25, -0.2) is 4.98 Å². The van der Waals surface area contributed by atoms with Crippen LogP contribution >= 0.6 is 11.3 Å². The molecule has 0 spiro atoms. The normalized spacial score (nSPS) is 14.0. The van der Waals surface area contributed by atoms with Crippen molar-refractivity contribution in [3.05, 3.63) is 60.1 Å². The first-order chi connectivity index (χ1) is 18.6. The molecule has 0 aliphatic heterocycles. The number of pyridine rings is 3. The fourth-order valence-corrected chi connectivity index (χ4v) is 6.02. The van der Waals surface area contributed by atoms with Crippen molar-refractivity contribution >= 4 is 44.9 Å². The number of aromatic nitrogens is 7. The third-order valence-corrected chi connectivity index (χ3v) is 8.13. The number of H-pyrrole nitrogens is 2. The quantitative estimate of drug-likeness (QED) is 0.251. The number of thiophene rings is 1. The number of carbonyl (C=O) groups excluding carboxylic acids is 1. The molecule has 6 aromatic rings. The van der Waals surface area contributed by atoms with Gasteiger partial charge in [0.25, 0.3) is 0 Å². The molecule has 1 saturated carbocycles. The fourth-order valence-electron chi connectivity index (χ4n) is 5.14. The minimum atomic E-state index is 0.0680. The van der Waals surface area contributed by atoms with Crippen molar-refractivity contribution in [3.63, 3.8) is 0 Å². The van der Waals surface area contributed by atoms with Gasteiger partial charge in [0.15, 0.2) is 5.82 Å². The number of fused-ring (bicyclic) bond motifs is 2. The molecule has 0 atom stereocenters. The number of amides is 1. The lowest BCUT2D eigenvalue weighted by atomic mass is 10.1. The number of hydrogen-bond donors (Lipinski definition) is 3. The Morgan fingerprint density at radius 2 is 1.89 bits per heavy atom. The SMILES string of the molecule is Cc1ccc(-c2cncc3[nH]c(-c4n[nH]c5cnc(-c6cncc(NC(=O)C7CCCC7)c6)cc45)nc23)s1. The molecule has 7 rings (SSSR count). The summed E-state index contributed by atoms with van der Waals surface area (Å²) in [5.74, 6) is 0.810. The Kier molecular flexibility index (Phi) is 5.47. The Bertz CT molecular complexity index is 1810. The van der Waals surface area contributed by atoms with E-state index in [0.29, 0.717) is 17.2 Å². The van der Waals surface area contributed by atoms with Crippen molar-refractivity contribution in [2.75, 3.05) is 5.32 Å². The summed E-state index contributed by atoms with van der Waals surface area (Å²) < 4.78 is 0. The van der Waals surface area contributed by atoms with Gasteiger partial charge in [-0.15, -0.1) is 11.3 Å². The highest BCUT2D eigenvalue weighted by atomic mass is 32.1. The smallest absolute Gasteiger partial charge is 0.227 e. The zero-order chi connectivity index (χ0) is 25.6. The second-order valence-electron chi connectivity index (χ2n) is 9.70. The minimum Gasteiger partial charge on any atom is -0.335 e. The highest BCUT2D eigenvalue weighted by Crippen LogP contribution is 2.35. The lowest BCUT2D eigenvalue weighted by Gasteiger charge is -2.11. The Morgan fingerprint density at radius 1 is 1.03 bits per heavy atom. The number of aryl methyl sites for hydroxylation is 1. The van der Waals surface area contributed by atoms with Crippen LogP contribution in [0.25, 0.3) is 55.2 Å². The molecule has 0 radical (unpaired) electrons. The van der Waals surface area contributed by atoms with Crippen molar-refractivity contribution in [3.8, 4) is 33.2 Å². The van der Waals surface area contributed by atoms with Crippen LogP contribution in [0.1, 0.15) is 30.6 Å². The van der Waals surface area contributed by atoms with Crippen LogP contribution in [-0.4, -0.2) is 41.0 Å². The summed E-state index contributed by atoms with van der Waals surface area (Å²) in [5, 5.41) is 11.5. The summed E-state index contributed by atoms with van der Waals surface area (Å²) in [4.78, 5) is 36.7. The van der Waals surface area contributed by atoms with Crippen LogP contribution in [0.2, 0.25) is 0 Å². The molecular formula is C28H24N8OS. The van der Waals surface area contributed by atoms with Crippen LogP contribution in [0.3, 0.4) is 0 Å². The van der Waals surface area contributed by atoms with Gasteiger partial charge in [-0.2, -0.15) is 5.10 Å². The number of rotatable bonds is 5. The van der Waals surface area contributed by atoms with Gasteiger partial charge >= 0.3 is 0 Å². The molecule has 0 aromatic carbocycles. The molecule has 38 heavy (non-hydrogen) atoms. The third kappa shape index (κ3) is 4.03. The molecule has 6 aromatic heterocycles. The van der Waals surface area contributed by atoms with E-state index < -0.39 is 0 Å².